The second-order valence-corrected chi connectivity index (χ2v) is 2.34. The van der Waals surface area contributed by atoms with Crippen LogP contribution >= 0.6 is 0 Å². The third-order valence-corrected chi connectivity index (χ3v) is 1.47. The predicted octanol–water partition coefficient (Wildman–Crippen LogP) is 1.24. The zero-order valence-electron chi connectivity index (χ0n) is 6.04. The largest absolute Gasteiger partial charge is 0.388 e. The number of aromatic amines is 1. The molecule has 0 saturated heterocycles. The fourth-order valence-corrected chi connectivity index (χ4v) is 0.883. The molecule has 10 heavy (non-hydrogen) atoms. The number of nitrogens with one attached hydrogen (secondary N) is 1. The first-order valence-corrected chi connectivity index (χ1v) is 3.51. The fourth-order valence-electron chi connectivity index (χ4n) is 0.883. The molecule has 3 heteroatoms. The van der Waals surface area contributed by atoms with Crippen LogP contribution in [0.4, 0.5) is 0 Å². The van der Waals surface area contributed by atoms with E-state index in [1.807, 2.05) is 6.92 Å². The third-order valence-electron chi connectivity index (χ3n) is 1.47. The van der Waals surface area contributed by atoms with Gasteiger partial charge in [-0.15, -0.1) is 0 Å². The van der Waals surface area contributed by atoms with Gasteiger partial charge in [-0.25, -0.2) is 0 Å². The highest BCUT2D eigenvalue weighted by molar-refractivity contribution is 5.05. The van der Waals surface area contributed by atoms with Crippen molar-refractivity contribution in [3.63, 3.8) is 0 Å². The summed E-state index contributed by atoms with van der Waals surface area (Å²) in [4.78, 5) is 0. The maximum absolute atomic E-state index is 9.35. The summed E-state index contributed by atoms with van der Waals surface area (Å²) in [7, 11) is 0. The lowest BCUT2D eigenvalue weighted by Gasteiger charge is -2.03. The van der Waals surface area contributed by atoms with Crippen LogP contribution in [0, 0.1) is 0 Å². The van der Waals surface area contributed by atoms with E-state index < -0.39 is 0 Å². The van der Waals surface area contributed by atoms with Crippen LogP contribution in [-0.4, -0.2) is 15.3 Å². The van der Waals surface area contributed by atoms with Crippen molar-refractivity contribution in [2.24, 2.45) is 0 Å². The maximum Gasteiger partial charge on any atom is 0.0820 e. The molecule has 0 spiro atoms. The van der Waals surface area contributed by atoms with Crippen LogP contribution in [-0.2, 0) is 0 Å². The van der Waals surface area contributed by atoms with Crippen LogP contribution in [0.25, 0.3) is 0 Å². The standard InChI is InChI=1S/C7H12N2O/c1-2-3-7(10)6-4-8-9-5-6/h4-5,7,10H,2-3H2,1H3,(H,8,9). The van der Waals surface area contributed by atoms with Crippen molar-refractivity contribution >= 4 is 0 Å². The van der Waals surface area contributed by atoms with Gasteiger partial charge in [0.2, 0.25) is 0 Å². The topological polar surface area (TPSA) is 48.9 Å². The highest BCUT2D eigenvalue weighted by Gasteiger charge is 2.05. The number of aliphatic hydroxyl groups excluding tert-OH is 1. The van der Waals surface area contributed by atoms with E-state index in [2.05, 4.69) is 10.2 Å². The quantitative estimate of drug-likeness (QED) is 0.663. The van der Waals surface area contributed by atoms with Crippen molar-refractivity contribution in [1.82, 2.24) is 10.2 Å². The fraction of sp³-hybridized carbons (Fsp3) is 0.571. The van der Waals surface area contributed by atoms with Crippen molar-refractivity contribution in [1.29, 1.82) is 0 Å². The molecule has 3 nitrogen and oxygen atoms in total. The first-order valence-electron chi connectivity index (χ1n) is 3.51. The smallest absolute Gasteiger partial charge is 0.0820 e. The Hall–Kier alpha value is -0.830. The monoisotopic (exact) mass is 140 g/mol. The molecular formula is C7H12N2O. The minimum absolute atomic E-state index is 0.344. The molecular weight excluding hydrogens is 128 g/mol. The molecule has 0 bridgehead atoms. The Morgan fingerprint density at radius 2 is 2.60 bits per heavy atom. The van der Waals surface area contributed by atoms with E-state index in [0.717, 1.165) is 18.4 Å². The molecule has 0 aliphatic heterocycles. The second kappa shape index (κ2) is 3.37. The first kappa shape index (κ1) is 7.28. The Kier molecular flexibility index (Phi) is 2.45. The zero-order chi connectivity index (χ0) is 7.40. The van der Waals surface area contributed by atoms with Gasteiger partial charge in [0.25, 0.3) is 0 Å². The van der Waals surface area contributed by atoms with Gasteiger partial charge in [-0.05, 0) is 6.42 Å². The van der Waals surface area contributed by atoms with E-state index in [0.29, 0.717) is 0 Å². The summed E-state index contributed by atoms with van der Waals surface area (Å²) in [5.74, 6) is 0. The van der Waals surface area contributed by atoms with Crippen LogP contribution in [0.1, 0.15) is 31.4 Å². The van der Waals surface area contributed by atoms with E-state index in [9.17, 15) is 5.11 Å². The van der Waals surface area contributed by atoms with Crippen LogP contribution < -0.4 is 0 Å². The minimum Gasteiger partial charge on any atom is -0.388 e. The van der Waals surface area contributed by atoms with E-state index in [-0.39, 0.29) is 6.10 Å². The van der Waals surface area contributed by atoms with Crippen LogP contribution in [0.15, 0.2) is 12.4 Å². The van der Waals surface area contributed by atoms with Gasteiger partial charge in [-0.2, -0.15) is 5.10 Å². The molecule has 1 atom stereocenters. The molecule has 1 aromatic rings. The number of aliphatic hydroxyl groups is 1. The van der Waals surface area contributed by atoms with Gasteiger partial charge in [-0.3, -0.25) is 5.10 Å². The number of hydrogen-bond donors (Lipinski definition) is 2. The first-order chi connectivity index (χ1) is 4.84. The van der Waals surface area contributed by atoms with Gasteiger partial charge >= 0.3 is 0 Å². The molecule has 1 aromatic heterocycles. The summed E-state index contributed by atoms with van der Waals surface area (Å²) >= 11 is 0. The van der Waals surface area contributed by atoms with Crippen LogP contribution in [0.2, 0.25) is 0 Å². The molecule has 2 N–H and O–H groups in total. The molecule has 0 aliphatic rings. The molecule has 0 aliphatic carbocycles. The Bertz CT molecular complexity index is 172. The summed E-state index contributed by atoms with van der Waals surface area (Å²) in [6.07, 6.45) is 4.83. The lowest BCUT2D eigenvalue weighted by atomic mass is 10.1. The Labute approximate surface area is 60.1 Å². The molecule has 0 amide bonds. The van der Waals surface area contributed by atoms with E-state index in [4.69, 9.17) is 0 Å². The average Bonchev–Trinajstić information content (AvgIpc) is 2.38. The van der Waals surface area contributed by atoms with Gasteiger partial charge < -0.3 is 5.11 Å². The van der Waals surface area contributed by atoms with Crippen molar-refractivity contribution in [2.75, 3.05) is 0 Å². The van der Waals surface area contributed by atoms with Gasteiger partial charge in [0, 0.05) is 11.8 Å². The molecule has 1 unspecified atom stereocenters. The van der Waals surface area contributed by atoms with Gasteiger partial charge in [-0.1, -0.05) is 13.3 Å². The lowest BCUT2D eigenvalue weighted by molar-refractivity contribution is 0.166. The molecule has 0 fully saturated rings. The molecule has 0 radical (unpaired) electrons. The normalized spacial score (nSPS) is 13.4. The second-order valence-electron chi connectivity index (χ2n) is 2.34. The lowest BCUT2D eigenvalue weighted by Crippen LogP contribution is -1.93. The summed E-state index contributed by atoms with van der Waals surface area (Å²) in [5, 5.41) is 15.7. The van der Waals surface area contributed by atoms with Gasteiger partial charge in [0.1, 0.15) is 0 Å². The number of rotatable bonds is 3. The highest BCUT2D eigenvalue weighted by atomic mass is 16.3. The SMILES string of the molecule is CCCC(O)c1cn[nH]c1. The van der Waals surface area contributed by atoms with Gasteiger partial charge in [0.05, 0.1) is 12.3 Å². The van der Waals surface area contributed by atoms with E-state index in [1.165, 1.54) is 0 Å². The van der Waals surface area contributed by atoms with Crippen LogP contribution in [0.5, 0.6) is 0 Å². The molecule has 1 rings (SSSR count). The number of aromatic nitrogens is 2. The zero-order valence-corrected chi connectivity index (χ0v) is 6.04. The Balaban J connectivity index is 2.50. The predicted molar refractivity (Wildman–Crippen MR) is 38.5 cm³/mol. The Morgan fingerprint density at radius 1 is 1.80 bits per heavy atom. The highest BCUT2D eigenvalue weighted by Crippen LogP contribution is 2.15. The summed E-state index contributed by atoms with van der Waals surface area (Å²) in [6, 6.07) is 0. The molecule has 56 valence electrons. The van der Waals surface area contributed by atoms with E-state index >= 15 is 0 Å². The van der Waals surface area contributed by atoms with Crippen molar-refractivity contribution in [3.05, 3.63) is 18.0 Å². The summed E-state index contributed by atoms with van der Waals surface area (Å²) in [6.45, 7) is 2.04. The van der Waals surface area contributed by atoms with Crippen molar-refractivity contribution in [2.45, 2.75) is 25.9 Å². The summed E-state index contributed by atoms with van der Waals surface area (Å²) in [5.41, 5.74) is 0.877. The van der Waals surface area contributed by atoms with Crippen molar-refractivity contribution in [3.8, 4) is 0 Å². The number of H-pyrrole nitrogens is 1. The van der Waals surface area contributed by atoms with Gasteiger partial charge in [0.15, 0.2) is 0 Å². The minimum atomic E-state index is -0.344. The van der Waals surface area contributed by atoms with Crippen LogP contribution in [0.3, 0.4) is 0 Å². The third kappa shape index (κ3) is 1.57. The van der Waals surface area contributed by atoms with Crippen molar-refractivity contribution < 1.29 is 5.11 Å². The summed E-state index contributed by atoms with van der Waals surface area (Å²) < 4.78 is 0. The number of hydrogen-bond acceptors (Lipinski definition) is 2. The Morgan fingerprint density at radius 3 is 3.10 bits per heavy atom. The molecule has 0 aromatic carbocycles. The van der Waals surface area contributed by atoms with E-state index in [1.54, 1.807) is 12.4 Å². The number of nitrogens with zero attached hydrogens (tertiary/aromatic N) is 1. The average molecular weight is 140 g/mol. The molecule has 1 heterocycles. The maximum atomic E-state index is 9.35. The molecule has 0 saturated carbocycles.